The van der Waals surface area contributed by atoms with Crippen LogP contribution in [0.1, 0.15) is 57.6 Å². The number of nitrogens with zero attached hydrogens (tertiary/aromatic N) is 2. The van der Waals surface area contributed by atoms with Crippen LogP contribution in [0.2, 0.25) is 0 Å². The van der Waals surface area contributed by atoms with Gasteiger partial charge in [0.05, 0.1) is 16.5 Å². The number of hydrogen-bond acceptors (Lipinski definition) is 5. The van der Waals surface area contributed by atoms with E-state index in [-0.39, 0.29) is 24.9 Å². The average molecular weight is 442 g/mol. The Morgan fingerprint density at radius 1 is 1.26 bits per heavy atom. The summed E-state index contributed by atoms with van der Waals surface area (Å²) in [7, 11) is -1.85. The van der Waals surface area contributed by atoms with Crippen LogP contribution in [0.4, 0.5) is 0 Å². The summed E-state index contributed by atoms with van der Waals surface area (Å²) in [6.07, 6.45) is 3.30. The number of aromatic nitrogens is 2. The van der Waals surface area contributed by atoms with Gasteiger partial charge in [0.25, 0.3) is 5.91 Å². The van der Waals surface area contributed by atoms with Crippen molar-refractivity contribution in [1.82, 2.24) is 15.1 Å². The predicted octanol–water partition coefficient (Wildman–Crippen LogP) is 3.04. The highest BCUT2D eigenvalue weighted by Crippen LogP contribution is 2.46. The minimum atomic E-state index is -3.43. The van der Waals surface area contributed by atoms with Crippen molar-refractivity contribution in [1.29, 1.82) is 0 Å². The third kappa shape index (κ3) is 4.09. The first-order valence-electron chi connectivity index (χ1n) is 10.4. The zero-order valence-corrected chi connectivity index (χ0v) is 18.7. The molecule has 0 spiro atoms. The number of sulfone groups is 1. The number of nitrogens with one attached hydrogen (secondary N) is 1. The normalized spacial score (nSPS) is 15.2. The lowest BCUT2D eigenvalue weighted by atomic mass is 9.96. The minimum Gasteiger partial charge on any atom is -0.396 e. The summed E-state index contributed by atoms with van der Waals surface area (Å²) < 4.78 is 26.7. The van der Waals surface area contributed by atoms with Gasteiger partial charge in [-0.1, -0.05) is 17.7 Å². The fourth-order valence-electron chi connectivity index (χ4n) is 4.12. The van der Waals surface area contributed by atoms with Crippen LogP contribution in [0.5, 0.6) is 0 Å². The molecule has 0 unspecified atom stereocenters. The van der Waals surface area contributed by atoms with Crippen LogP contribution in [0, 0.1) is 6.92 Å². The van der Waals surface area contributed by atoms with Crippen LogP contribution in [0.15, 0.2) is 36.4 Å². The number of fused-ring (bicyclic) bond motifs is 1. The summed E-state index contributed by atoms with van der Waals surface area (Å²) >= 11 is 0. The van der Waals surface area contributed by atoms with Gasteiger partial charge < -0.3 is 10.4 Å². The molecule has 0 aliphatic heterocycles. The lowest BCUT2D eigenvalue weighted by molar-refractivity contribution is 0.0957. The molecule has 1 saturated carbocycles. The van der Waals surface area contributed by atoms with Crippen LogP contribution in [-0.4, -0.2) is 49.1 Å². The number of amides is 1. The molecule has 0 bridgehead atoms. The van der Waals surface area contributed by atoms with Gasteiger partial charge in [0.2, 0.25) is 0 Å². The topological polar surface area (TPSA) is 101 Å². The molecule has 2 N–H and O–H groups in total. The first kappa shape index (κ1) is 21.5. The van der Waals surface area contributed by atoms with Crippen LogP contribution in [0.25, 0.3) is 16.6 Å². The summed E-state index contributed by atoms with van der Waals surface area (Å²) in [5.74, 6) is 0.00944. The second-order valence-corrected chi connectivity index (χ2v) is 10.5. The molecule has 8 heteroatoms. The zero-order chi connectivity index (χ0) is 22.3. The molecule has 1 heterocycles. The highest BCUT2D eigenvalue weighted by Gasteiger charge is 2.34. The van der Waals surface area contributed by atoms with Crippen LogP contribution < -0.4 is 5.32 Å². The smallest absolute Gasteiger partial charge is 0.270 e. The molecule has 0 radical (unpaired) electrons. The van der Waals surface area contributed by atoms with Crippen molar-refractivity contribution < 1.29 is 18.3 Å². The summed E-state index contributed by atoms with van der Waals surface area (Å²) in [6.45, 7) is 1.77. The monoisotopic (exact) mass is 441 g/mol. The molecule has 2 aromatic carbocycles. The maximum Gasteiger partial charge on any atom is 0.270 e. The zero-order valence-electron chi connectivity index (χ0n) is 17.9. The second-order valence-electron chi connectivity index (χ2n) is 8.28. The molecular weight excluding hydrogens is 414 g/mol. The number of aliphatic hydroxyl groups excluding tert-OH is 1. The van der Waals surface area contributed by atoms with Crippen LogP contribution in [-0.2, 0) is 9.84 Å². The van der Waals surface area contributed by atoms with E-state index < -0.39 is 15.1 Å². The van der Waals surface area contributed by atoms with Crippen molar-refractivity contribution >= 4 is 26.6 Å². The van der Waals surface area contributed by atoms with Gasteiger partial charge in [0, 0.05) is 25.3 Å². The van der Waals surface area contributed by atoms with Gasteiger partial charge in [-0.2, -0.15) is 5.10 Å². The first-order chi connectivity index (χ1) is 14.7. The maximum atomic E-state index is 12.8. The Balaban J connectivity index is 2.00. The molecule has 0 saturated heterocycles. The van der Waals surface area contributed by atoms with Crippen LogP contribution in [0.3, 0.4) is 0 Å². The quantitative estimate of drug-likeness (QED) is 0.587. The Bertz CT molecular complexity index is 1240. The van der Waals surface area contributed by atoms with Gasteiger partial charge >= 0.3 is 0 Å². The van der Waals surface area contributed by atoms with Crippen molar-refractivity contribution in [2.24, 2.45) is 0 Å². The summed E-state index contributed by atoms with van der Waals surface area (Å²) in [4.78, 5) is 12.8. The molecule has 4 rings (SSSR count). The van der Waals surface area contributed by atoms with Gasteiger partial charge in [0.1, 0.15) is 5.69 Å². The van der Waals surface area contributed by atoms with E-state index in [1.165, 1.54) is 6.26 Å². The number of hydrogen-bond donors (Lipinski definition) is 2. The summed E-state index contributed by atoms with van der Waals surface area (Å²) in [6, 6.07) is 11.4. The highest BCUT2D eigenvalue weighted by atomic mass is 32.2. The van der Waals surface area contributed by atoms with E-state index in [2.05, 4.69) is 10.4 Å². The molecule has 164 valence electrons. The fraction of sp³-hybridized carbons (Fsp3) is 0.391. The van der Waals surface area contributed by atoms with E-state index >= 15 is 0 Å². The molecule has 31 heavy (non-hydrogen) atoms. The Morgan fingerprint density at radius 3 is 2.48 bits per heavy atom. The molecule has 1 aliphatic carbocycles. The minimum absolute atomic E-state index is 0.130. The van der Waals surface area contributed by atoms with E-state index in [1.807, 2.05) is 37.3 Å². The fourth-order valence-corrected chi connectivity index (χ4v) is 5.32. The number of benzene rings is 2. The van der Waals surface area contributed by atoms with Gasteiger partial charge in [-0.25, -0.2) is 13.1 Å². The number of carbonyl (C=O) groups is 1. The number of aliphatic hydroxyl groups is 1. The molecule has 1 aromatic heterocycles. The van der Waals surface area contributed by atoms with Gasteiger partial charge in [-0.15, -0.1) is 0 Å². The summed E-state index contributed by atoms with van der Waals surface area (Å²) in [5.41, 5.74) is 4.46. The Hall–Kier alpha value is -2.71. The van der Waals surface area contributed by atoms with Gasteiger partial charge in [-0.3, -0.25) is 4.79 Å². The molecule has 1 aliphatic rings. The average Bonchev–Trinajstić information content (AvgIpc) is 3.51. The molecule has 1 atom stereocenters. The van der Waals surface area contributed by atoms with Crippen molar-refractivity contribution in [3.05, 3.63) is 58.8 Å². The SMILES string of the molecule is CNC(=O)c1c2cc(C3CC3)c([C@@H](CCO)S(C)(=O)=O)cc2nn1-c1ccc(C)cc1. The Kier molecular flexibility index (Phi) is 5.61. The molecule has 1 amide bonds. The van der Waals surface area contributed by atoms with E-state index in [4.69, 9.17) is 0 Å². The van der Waals surface area contributed by atoms with Crippen LogP contribution >= 0.6 is 0 Å². The van der Waals surface area contributed by atoms with Gasteiger partial charge in [0.15, 0.2) is 9.84 Å². The van der Waals surface area contributed by atoms with E-state index in [0.717, 1.165) is 29.7 Å². The first-order valence-corrected chi connectivity index (χ1v) is 12.4. The maximum absolute atomic E-state index is 12.8. The molecule has 7 nitrogen and oxygen atoms in total. The largest absolute Gasteiger partial charge is 0.396 e. The van der Waals surface area contributed by atoms with Crippen molar-refractivity contribution in [3.8, 4) is 5.69 Å². The van der Waals surface area contributed by atoms with Gasteiger partial charge in [-0.05, 0) is 67.5 Å². The summed E-state index contributed by atoms with van der Waals surface area (Å²) in [5, 5.41) is 16.8. The van der Waals surface area contributed by atoms with E-state index in [9.17, 15) is 18.3 Å². The number of carbonyl (C=O) groups excluding carboxylic acids is 1. The third-order valence-corrected chi connectivity index (χ3v) is 7.39. The standard InChI is InChI=1S/C23H27N3O4S/c1-14-4-8-16(9-5-14)26-22(23(28)24-2)19-12-17(15-6-7-15)18(13-20(19)25-26)21(10-11-27)31(3,29)30/h4-5,8-9,12-13,15,21,27H,6-7,10-11H2,1-3H3,(H,24,28)/t21-/m1/s1. The van der Waals surface area contributed by atoms with Crippen molar-refractivity contribution in [2.75, 3.05) is 19.9 Å². The lowest BCUT2D eigenvalue weighted by Gasteiger charge is -2.18. The van der Waals surface area contributed by atoms with Crippen molar-refractivity contribution in [3.63, 3.8) is 0 Å². The number of rotatable bonds is 7. The predicted molar refractivity (Wildman–Crippen MR) is 120 cm³/mol. The lowest BCUT2D eigenvalue weighted by Crippen LogP contribution is -2.22. The molecular formula is C23H27N3O4S. The molecule has 1 fully saturated rings. The Morgan fingerprint density at radius 2 is 1.94 bits per heavy atom. The van der Waals surface area contributed by atoms with Crippen molar-refractivity contribution in [2.45, 2.75) is 37.4 Å². The Labute approximate surface area is 182 Å². The second kappa shape index (κ2) is 8.09. The third-order valence-electron chi connectivity index (χ3n) is 5.87. The highest BCUT2D eigenvalue weighted by molar-refractivity contribution is 7.90. The molecule has 3 aromatic rings. The van der Waals surface area contributed by atoms with E-state index in [0.29, 0.717) is 22.2 Å². The number of aryl methyl sites for hydroxylation is 1. The van der Waals surface area contributed by atoms with E-state index in [1.54, 1.807) is 17.8 Å².